The molecular formula is C28H35FN8O8S. The van der Waals surface area contributed by atoms with Crippen molar-refractivity contribution in [2.75, 3.05) is 23.9 Å². The van der Waals surface area contributed by atoms with E-state index in [0.717, 1.165) is 5.56 Å². The summed E-state index contributed by atoms with van der Waals surface area (Å²) in [6.07, 6.45) is 2.62. The SMILES string of the molecule is O=C(O)CCC(NC(=O)N[C@@H](CCCCNc1nc(-c2cccc(NC(=O)Cn3cc(CCCF)nn3)c2)cs1)C(=O)O)C(=O)O. The molecule has 0 saturated carbocycles. The number of rotatable bonds is 20. The van der Waals surface area contributed by atoms with Crippen LogP contribution in [-0.2, 0) is 32.1 Å². The number of aliphatic carboxylic acids is 3. The first kappa shape index (κ1) is 35.4. The number of halogens is 1. The number of alkyl halides is 1. The van der Waals surface area contributed by atoms with Gasteiger partial charge in [0.05, 0.1) is 18.1 Å². The van der Waals surface area contributed by atoms with Gasteiger partial charge in [0, 0.05) is 35.8 Å². The Labute approximate surface area is 266 Å². The zero-order chi connectivity index (χ0) is 33.5. The summed E-state index contributed by atoms with van der Waals surface area (Å²) in [5, 5.41) is 47.9. The van der Waals surface area contributed by atoms with Gasteiger partial charge in [0.15, 0.2) is 5.13 Å². The summed E-state index contributed by atoms with van der Waals surface area (Å²) in [7, 11) is 0. The van der Waals surface area contributed by atoms with Crippen molar-refractivity contribution in [3.05, 3.63) is 41.5 Å². The van der Waals surface area contributed by atoms with Crippen LogP contribution in [0.5, 0.6) is 0 Å². The highest BCUT2D eigenvalue weighted by Gasteiger charge is 2.24. The molecule has 0 saturated heterocycles. The molecule has 1 unspecified atom stereocenters. The number of hydrogen-bond donors (Lipinski definition) is 7. The summed E-state index contributed by atoms with van der Waals surface area (Å²) in [4.78, 5) is 62.7. The molecule has 1 aromatic carbocycles. The van der Waals surface area contributed by atoms with E-state index in [1.807, 2.05) is 11.4 Å². The summed E-state index contributed by atoms with van der Waals surface area (Å²) in [6.45, 7) is -0.0268. The van der Waals surface area contributed by atoms with Gasteiger partial charge < -0.3 is 36.6 Å². The van der Waals surface area contributed by atoms with Crippen LogP contribution in [0, 0.1) is 0 Å². The van der Waals surface area contributed by atoms with Gasteiger partial charge in [0.1, 0.15) is 18.6 Å². The first-order valence-electron chi connectivity index (χ1n) is 14.3. The maximum atomic E-state index is 12.5. The fourth-order valence-electron chi connectivity index (χ4n) is 4.18. The van der Waals surface area contributed by atoms with E-state index in [9.17, 15) is 33.5 Å². The number of benzene rings is 1. The Morgan fingerprint density at radius 1 is 0.978 bits per heavy atom. The first-order chi connectivity index (χ1) is 22.0. The molecule has 0 aliphatic carbocycles. The molecule has 3 aromatic rings. The van der Waals surface area contributed by atoms with Crippen LogP contribution in [0.3, 0.4) is 0 Å². The largest absolute Gasteiger partial charge is 0.481 e. The lowest BCUT2D eigenvalue weighted by molar-refractivity contribution is -0.140. The minimum Gasteiger partial charge on any atom is -0.481 e. The van der Waals surface area contributed by atoms with Crippen molar-refractivity contribution in [2.45, 2.75) is 63.6 Å². The highest BCUT2D eigenvalue weighted by molar-refractivity contribution is 7.14. The summed E-state index contributed by atoms with van der Waals surface area (Å²) in [5.74, 6) is -4.25. The van der Waals surface area contributed by atoms with Crippen LogP contribution >= 0.6 is 11.3 Å². The predicted octanol–water partition coefficient (Wildman–Crippen LogP) is 2.59. The van der Waals surface area contributed by atoms with Crippen LogP contribution in [0.1, 0.15) is 44.2 Å². The molecule has 0 fully saturated rings. The second-order valence-electron chi connectivity index (χ2n) is 10.1. The average Bonchev–Trinajstić information content (AvgIpc) is 3.66. The number of amides is 3. The van der Waals surface area contributed by atoms with Crippen molar-refractivity contribution >= 4 is 52.0 Å². The number of carbonyl (C=O) groups is 5. The van der Waals surface area contributed by atoms with Gasteiger partial charge in [-0.05, 0) is 50.7 Å². The Morgan fingerprint density at radius 3 is 2.41 bits per heavy atom. The van der Waals surface area contributed by atoms with Gasteiger partial charge in [0.25, 0.3) is 0 Å². The Kier molecular flexibility index (Phi) is 13.8. The lowest BCUT2D eigenvalue weighted by Crippen LogP contribution is -2.51. The lowest BCUT2D eigenvalue weighted by atomic mass is 10.1. The number of aryl methyl sites for hydroxylation is 1. The maximum absolute atomic E-state index is 12.5. The molecule has 3 rings (SSSR count). The van der Waals surface area contributed by atoms with E-state index >= 15 is 0 Å². The van der Waals surface area contributed by atoms with Crippen LogP contribution in [0.15, 0.2) is 35.8 Å². The number of urea groups is 1. The second kappa shape index (κ2) is 18.0. The number of carboxylic acid groups (broad SMARTS) is 3. The van der Waals surface area contributed by atoms with Gasteiger partial charge in [0.2, 0.25) is 5.91 Å². The third-order valence-corrected chi connectivity index (χ3v) is 7.25. The van der Waals surface area contributed by atoms with Crippen LogP contribution in [-0.4, -0.2) is 90.4 Å². The molecule has 2 aromatic heterocycles. The van der Waals surface area contributed by atoms with Crippen molar-refractivity contribution in [1.82, 2.24) is 30.6 Å². The Morgan fingerprint density at radius 2 is 1.72 bits per heavy atom. The Hall–Kier alpha value is -5.13. The second-order valence-corrected chi connectivity index (χ2v) is 11.0. The van der Waals surface area contributed by atoms with Crippen LogP contribution < -0.4 is 21.3 Å². The summed E-state index contributed by atoms with van der Waals surface area (Å²) >= 11 is 1.37. The minimum absolute atomic E-state index is 0.0477. The molecule has 0 bridgehead atoms. The molecule has 7 N–H and O–H groups in total. The van der Waals surface area contributed by atoms with E-state index in [1.165, 1.54) is 16.0 Å². The molecule has 2 atom stereocenters. The van der Waals surface area contributed by atoms with E-state index in [2.05, 4.69) is 36.6 Å². The zero-order valence-electron chi connectivity index (χ0n) is 24.6. The number of carboxylic acids is 3. The number of unbranched alkanes of at least 4 members (excludes halogenated alkanes) is 1. The zero-order valence-corrected chi connectivity index (χ0v) is 25.5. The molecule has 2 heterocycles. The summed E-state index contributed by atoms with van der Waals surface area (Å²) in [5.41, 5.74) is 2.64. The first-order valence-corrected chi connectivity index (χ1v) is 15.2. The molecule has 3 amide bonds. The predicted molar refractivity (Wildman–Crippen MR) is 164 cm³/mol. The fraction of sp³-hybridized carbons (Fsp3) is 0.429. The molecule has 46 heavy (non-hydrogen) atoms. The highest BCUT2D eigenvalue weighted by atomic mass is 32.1. The third-order valence-electron chi connectivity index (χ3n) is 6.45. The van der Waals surface area contributed by atoms with Gasteiger partial charge in [-0.25, -0.2) is 24.0 Å². The number of carbonyl (C=O) groups excluding carboxylic acids is 2. The molecule has 18 heteroatoms. The van der Waals surface area contributed by atoms with E-state index in [-0.39, 0.29) is 25.3 Å². The van der Waals surface area contributed by atoms with Gasteiger partial charge in [-0.15, -0.1) is 16.4 Å². The van der Waals surface area contributed by atoms with Crippen LogP contribution in [0.4, 0.5) is 20.0 Å². The quantitative estimate of drug-likeness (QED) is 0.0865. The summed E-state index contributed by atoms with van der Waals surface area (Å²) in [6, 6.07) is 3.40. The van der Waals surface area contributed by atoms with Gasteiger partial charge in [-0.1, -0.05) is 17.3 Å². The molecule has 0 radical (unpaired) electrons. The fourth-order valence-corrected chi connectivity index (χ4v) is 4.93. The van der Waals surface area contributed by atoms with Crippen molar-refractivity contribution in [3.63, 3.8) is 0 Å². The number of aromatic nitrogens is 4. The van der Waals surface area contributed by atoms with Crippen molar-refractivity contribution in [3.8, 4) is 11.3 Å². The molecule has 0 aliphatic rings. The maximum Gasteiger partial charge on any atom is 0.326 e. The Bertz CT molecular complexity index is 1500. The Balaban J connectivity index is 1.42. The monoisotopic (exact) mass is 662 g/mol. The van der Waals surface area contributed by atoms with Crippen molar-refractivity contribution in [2.24, 2.45) is 0 Å². The van der Waals surface area contributed by atoms with E-state index in [4.69, 9.17) is 10.2 Å². The third kappa shape index (κ3) is 12.1. The molecule has 0 spiro atoms. The van der Waals surface area contributed by atoms with Crippen LogP contribution in [0.2, 0.25) is 0 Å². The van der Waals surface area contributed by atoms with Crippen molar-refractivity contribution < 1.29 is 43.7 Å². The standard InChI is InChI=1S/C28H35FN8O8S/c29-11-4-7-19-14-37(36-35-19)15-23(38)31-18-6-3-5-17(13-18)22-16-46-28(34-22)30-12-2-1-8-20(25(41)42)32-27(45)33-21(26(43)44)9-10-24(39)40/h3,5-6,13-14,16,20-21H,1-2,4,7-12,15H2,(H,30,34)(H,31,38)(H,39,40)(H,41,42)(H,43,44)(H2,32,33,45)/t20-,21?/m0/s1. The number of anilines is 2. The summed E-state index contributed by atoms with van der Waals surface area (Å²) < 4.78 is 13.7. The van der Waals surface area contributed by atoms with E-state index < -0.39 is 49.1 Å². The van der Waals surface area contributed by atoms with Crippen molar-refractivity contribution in [1.29, 1.82) is 0 Å². The smallest absolute Gasteiger partial charge is 0.326 e. The highest BCUT2D eigenvalue weighted by Crippen LogP contribution is 2.27. The van der Waals surface area contributed by atoms with E-state index in [1.54, 1.807) is 24.4 Å². The lowest BCUT2D eigenvalue weighted by Gasteiger charge is -2.18. The van der Waals surface area contributed by atoms with Crippen LogP contribution in [0.25, 0.3) is 11.3 Å². The normalized spacial score (nSPS) is 12.1. The molecule has 0 aliphatic heterocycles. The van der Waals surface area contributed by atoms with E-state index in [0.29, 0.717) is 54.4 Å². The minimum atomic E-state index is -1.47. The van der Waals surface area contributed by atoms with Gasteiger partial charge in [-0.2, -0.15) is 0 Å². The molecule has 16 nitrogen and oxygen atoms in total. The number of hydrogen-bond acceptors (Lipinski definition) is 10. The number of nitrogens with zero attached hydrogens (tertiary/aromatic N) is 4. The topological polar surface area (TPSA) is 238 Å². The molecular weight excluding hydrogens is 627 g/mol. The number of thiazole rings is 1. The van der Waals surface area contributed by atoms with Gasteiger partial charge in [-0.3, -0.25) is 14.0 Å². The molecule has 248 valence electrons. The number of nitrogens with one attached hydrogen (secondary N) is 4. The average molecular weight is 663 g/mol. The van der Waals surface area contributed by atoms with Gasteiger partial charge >= 0.3 is 23.9 Å².